The number of carbonyl (C=O) groups is 1. The number of halogens is 2. The molecule has 1 saturated heterocycles. The van der Waals surface area contributed by atoms with Gasteiger partial charge in [-0.2, -0.15) is 0 Å². The Morgan fingerprint density at radius 3 is 2.76 bits per heavy atom. The third kappa shape index (κ3) is 3.59. The first-order chi connectivity index (χ1) is 9.93. The highest BCUT2D eigenvalue weighted by molar-refractivity contribution is 5.89. The Morgan fingerprint density at radius 2 is 2.14 bits per heavy atom. The smallest absolute Gasteiger partial charge is 0.410 e. The molecule has 1 aromatic carbocycles. The SMILES string of the molecule is NC(=NO)[C@@H]1CC(F)(F)CN1C(=O)OCc1ccccc1. The Kier molecular flexibility index (Phi) is 4.25. The summed E-state index contributed by atoms with van der Waals surface area (Å²) >= 11 is 0. The lowest BCUT2D eigenvalue weighted by molar-refractivity contribution is 0.0102. The highest BCUT2D eigenvalue weighted by atomic mass is 19.3. The van der Waals surface area contributed by atoms with Crippen LogP contribution < -0.4 is 5.73 Å². The molecule has 1 atom stereocenters. The van der Waals surface area contributed by atoms with Crippen LogP contribution in [0, 0.1) is 0 Å². The van der Waals surface area contributed by atoms with Gasteiger partial charge in [0.2, 0.25) is 0 Å². The van der Waals surface area contributed by atoms with Gasteiger partial charge in [-0.15, -0.1) is 0 Å². The molecule has 1 heterocycles. The second-order valence-electron chi connectivity index (χ2n) is 4.77. The van der Waals surface area contributed by atoms with Crippen molar-refractivity contribution < 1.29 is 23.5 Å². The van der Waals surface area contributed by atoms with E-state index in [4.69, 9.17) is 15.7 Å². The van der Waals surface area contributed by atoms with E-state index in [0.29, 0.717) is 0 Å². The number of benzene rings is 1. The average molecular weight is 299 g/mol. The van der Waals surface area contributed by atoms with Crippen LogP contribution in [0.3, 0.4) is 0 Å². The lowest BCUT2D eigenvalue weighted by Crippen LogP contribution is -2.44. The quantitative estimate of drug-likeness (QED) is 0.385. The van der Waals surface area contributed by atoms with Gasteiger partial charge in [-0.1, -0.05) is 35.5 Å². The highest BCUT2D eigenvalue weighted by Crippen LogP contribution is 2.32. The molecule has 1 fully saturated rings. The lowest BCUT2D eigenvalue weighted by atomic mass is 10.2. The highest BCUT2D eigenvalue weighted by Gasteiger charge is 2.49. The molecule has 0 aromatic heterocycles. The molecule has 2 rings (SSSR count). The van der Waals surface area contributed by atoms with Gasteiger partial charge in [0.15, 0.2) is 5.84 Å². The van der Waals surface area contributed by atoms with Gasteiger partial charge in [-0.05, 0) is 5.56 Å². The predicted octanol–water partition coefficient (Wildman–Crippen LogP) is 1.78. The van der Waals surface area contributed by atoms with Crippen LogP contribution in [-0.4, -0.2) is 40.5 Å². The number of oxime groups is 1. The first-order valence-electron chi connectivity index (χ1n) is 6.25. The summed E-state index contributed by atoms with van der Waals surface area (Å²) in [6, 6.07) is 7.66. The molecule has 114 valence electrons. The van der Waals surface area contributed by atoms with Gasteiger partial charge in [0.05, 0.1) is 6.54 Å². The number of nitrogens with zero attached hydrogens (tertiary/aromatic N) is 2. The maximum absolute atomic E-state index is 13.4. The normalized spacial score (nSPS) is 21.3. The minimum Gasteiger partial charge on any atom is -0.445 e. The number of nitrogens with two attached hydrogens (primary N) is 1. The van der Waals surface area contributed by atoms with Crippen LogP contribution in [-0.2, 0) is 11.3 Å². The Hall–Kier alpha value is -2.38. The van der Waals surface area contributed by atoms with Crippen LogP contribution in [0.25, 0.3) is 0 Å². The molecular formula is C13H15F2N3O3. The van der Waals surface area contributed by atoms with E-state index in [-0.39, 0.29) is 6.61 Å². The van der Waals surface area contributed by atoms with E-state index in [1.807, 2.05) is 0 Å². The number of hydrogen-bond donors (Lipinski definition) is 2. The number of likely N-dealkylation sites (tertiary alicyclic amines) is 1. The van der Waals surface area contributed by atoms with Gasteiger partial charge >= 0.3 is 6.09 Å². The van der Waals surface area contributed by atoms with Crippen LogP contribution in [0.4, 0.5) is 13.6 Å². The van der Waals surface area contributed by atoms with E-state index < -0.39 is 36.9 Å². The van der Waals surface area contributed by atoms with Gasteiger partial charge in [-0.25, -0.2) is 13.6 Å². The number of amidine groups is 1. The van der Waals surface area contributed by atoms with Crippen molar-refractivity contribution in [2.24, 2.45) is 10.9 Å². The maximum atomic E-state index is 13.4. The summed E-state index contributed by atoms with van der Waals surface area (Å²) in [5, 5.41) is 11.3. The molecule has 0 spiro atoms. The first-order valence-corrected chi connectivity index (χ1v) is 6.25. The molecule has 0 aliphatic carbocycles. The average Bonchev–Trinajstić information content (AvgIpc) is 2.81. The molecule has 0 bridgehead atoms. The number of rotatable bonds is 3. The van der Waals surface area contributed by atoms with Gasteiger partial charge in [0.1, 0.15) is 12.6 Å². The van der Waals surface area contributed by atoms with Crippen molar-refractivity contribution in [2.75, 3.05) is 6.54 Å². The van der Waals surface area contributed by atoms with Gasteiger partial charge < -0.3 is 15.7 Å². The molecular weight excluding hydrogens is 284 g/mol. The summed E-state index contributed by atoms with van der Waals surface area (Å²) in [5.41, 5.74) is 6.09. The molecule has 1 aromatic rings. The molecule has 6 nitrogen and oxygen atoms in total. The molecule has 0 unspecified atom stereocenters. The molecule has 8 heteroatoms. The summed E-state index contributed by atoms with van der Waals surface area (Å²) in [5.74, 6) is -3.53. The zero-order chi connectivity index (χ0) is 15.5. The largest absolute Gasteiger partial charge is 0.445 e. The Bertz CT molecular complexity index is 537. The molecule has 3 N–H and O–H groups in total. The van der Waals surface area contributed by atoms with Gasteiger partial charge in [0, 0.05) is 6.42 Å². The van der Waals surface area contributed by atoms with Crippen LogP contribution in [0.2, 0.25) is 0 Å². The monoisotopic (exact) mass is 299 g/mol. The standard InChI is InChI=1S/C13H15F2N3O3/c14-13(15)6-10(11(16)17-20)18(8-13)12(19)21-7-9-4-2-1-3-5-9/h1-5,10,20H,6-8H2,(H2,16,17)/t10-/m0/s1. The van der Waals surface area contributed by atoms with E-state index in [0.717, 1.165) is 10.5 Å². The van der Waals surface area contributed by atoms with E-state index in [1.54, 1.807) is 30.3 Å². The number of carbonyl (C=O) groups excluding carboxylic acids is 1. The zero-order valence-electron chi connectivity index (χ0n) is 11.1. The van der Waals surface area contributed by atoms with Crippen molar-refractivity contribution in [1.82, 2.24) is 4.90 Å². The maximum Gasteiger partial charge on any atom is 0.410 e. The summed E-state index contributed by atoms with van der Waals surface area (Å²) in [4.78, 5) is 12.7. The topological polar surface area (TPSA) is 88.2 Å². The molecule has 1 aliphatic rings. The molecule has 1 aliphatic heterocycles. The fraction of sp³-hybridized carbons (Fsp3) is 0.385. The summed E-state index contributed by atoms with van der Waals surface area (Å²) < 4.78 is 31.8. The predicted molar refractivity (Wildman–Crippen MR) is 70.1 cm³/mol. The second-order valence-corrected chi connectivity index (χ2v) is 4.77. The van der Waals surface area contributed by atoms with Gasteiger partial charge in [-0.3, -0.25) is 4.90 Å². The Labute approximate surface area is 119 Å². The molecule has 1 amide bonds. The summed E-state index contributed by atoms with van der Waals surface area (Å²) in [6.45, 7) is -0.855. The van der Waals surface area contributed by atoms with E-state index >= 15 is 0 Å². The zero-order valence-corrected chi connectivity index (χ0v) is 11.1. The summed E-state index contributed by atoms with van der Waals surface area (Å²) in [7, 11) is 0. The first kappa shape index (κ1) is 15.0. The number of ether oxygens (including phenoxy) is 1. The van der Waals surface area contributed by atoms with E-state index in [2.05, 4.69) is 5.16 Å². The minimum absolute atomic E-state index is 0.0371. The number of alkyl halides is 2. The summed E-state index contributed by atoms with van der Waals surface area (Å²) in [6.07, 6.45) is -1.61. The van der Waals surface area contributed by atoms with Crippen molar-refractivity contribution in [2.45, 2.75) is 25.0 Å². The molecule has 21 heavy (non-hydrogen) atoms. The Morgan fingerprint density at radius 1 is 1.48 bits per heavy atom. The molecule has 0 radical (unpaired) electrons. The second kappa shape index (κ2) is 5.94. The van der Waals surface area contributed by atoms with Crippen LogP contribution >= 0.6 is 0 Å². The van der Waals surface area contributed by atoms with Crippen molar-refractivity contribution in [3.63, 3.8) is 0 Å². The lowest BCUT2D eigenvalue weighted by Gasteiger charge is -2.22. The van der Waals surface area contributed by atoms with Crippen molar-refractivity contribution in [1.29, 1.82) is 0 Å². The van der Waals surface area contributed by atoms with E-state index in [9.17, 15) is 13.6 Å². The molecule has 0 saturated carbocycles. The minimum atomic E-state index is -3.09. The van der Waals surface area contributed by atoms with Crippen molar-refractivity contribution >= 4 is 11.9 Å². The van der Waals surface area contributed by atoms with Crippen LogP contribution in [0.5, 0.6) is 0 Å². The Balaban J connectivity index is 2.03. The third-order valence-corrected chi connectivity index (χ3v) is 3.17. The fourth-order valence-corrected chi connectivity index (χ4v) is 2.14. The van der Waals surface area contributed by atoms with Crippen LogP contribution in [0.15, 0.2) is 35.5 Å². The van der Waals surface area contributed by atoms with Crippen molar-refractivity contribution in [3.8, 4) is 0 Å². The fourth-order valence-electron chi connectivity index (χ4n) is 2.14. The van der Waals surface area contributed by atoms with E-state index in [1.165, 1.54) is 0 Å². The number of hydrogen-bond acceptors (Lipinski definition) is 4. The van der Waals surface area contributed by atoms with Gasteiger partial charge in [0.25, 0.3) is 5.92 Å². The number of amides is 1. The third-order valence-electron chi connectivity index (χ3n) is 3.17. The van der Waals surface area contributed by atoms with Crippen LogP contribution in [0.1, 0.15) is 12.0 Å². The van der Waals surface area contributed by atoms with Crippen molar-refractivity contribution in [3.05, 3.63) is 35.9 Å².